The zero-order chi connectivity index (χ0) is 14.3. The molecule has 0 radical (unpaired) electrons. The zero-order valence-corrected chi connectivity index (χ0v) is 13.1. The van der Waals surface area contributed by atoms with Gasteiger partial charge in [-0.05, 0) is 52.4 Å². The van der Waals surface area contributed by atoms with Gasteiger partial charge in [0.1, 0.15) is 6.07 Å². The molecule has 0 N–H and O–H groups in total. The highest BCUT2D eigenvalue weighted by Crippen LogP contribution is 2.29. The minimum Gasteiger partial charge on any atom is -0.371 e. The average Bonchev–Trinajstić information content (AvgIpc) is 2.42. The van der Waals surface area contributed by atoms with Gasteiger partial charge in [-0.15, -0.1) is 11.8 Å². The SMILES string of the molecule is CCN(CCCN(C)C)c1cccc(SC)c1C#N. The Kier molecular flexibility index (Phi) is 6.75. The molecule has 0 fully saturated rings. The van der Waals surface area contributed by atoms with Gasteiger partial charge in [0.15, 0.2) is 0 Å². The molecule has 0 aromatic heterocycles. The minimum absolute atomic E-state index is 0.807. The van der Waals surface area contributed by atoms with E-state index in [1.54, 1.807) is 11.8 Å². The van der Waals surface area contributed by atoms with E-state index < -0.39 is 0 Å². The second-order valence-corrected chi connectivity index (χ2v) is 5.55. The van der Waals surface area contributed by atoms with E-state index >= 15 is 0 Å². The fraction of sp³-hybridized carbons (Fsp3) is 0.533. The molecule has 0 aliphatic heterocycles. The first-order valence-corrected chi connectivity index (χ1v) is 7.83. The fourth-order valence-corrected chi connectivity index (χ4v) is 2.66. The first-order chi connectivity index (χ1) is 9.13. The monoisotopic (exact) mass is 277 g/mol. The summed E-state index contributed by atoms with van der Waals surface area (Å²) in [5.41, 5.74) is 1.87. The van der Waals surface area contributed by atoms with Crippen LogP contribution in [0.25, 0.3) is 0 Å². The van der Waals surface area contributed by atoms with Gasteiger partial charge in [-0.1, -0.05) is 6.07 Å². The molecule has 0 aliphatic rings. The lowest BCUT2D eigenvalue weighted by Gasteiger charge is -2.25. The topological polar surface area (TPSA) is 30.3 Å². The lowest BCUT2D eigenvalue weighted by Crippen LogP contribution is -2.27. The van der Waals surface area contributed by atoms with Crippen LogP contribution in [0.2, 0.25) is 0 Å². The van der Waals surface area contributed by atoms with Gasteiger partial charge >= 0.3 is 0 Å². The van der Waals surface area contributed by atoms with Crippen molar-refractivity contribution in [1.29, 1.82) is 5.26 Å². The van der Waals surface area contributed by atoms with Crippen molar-refractivity contribution in [2.24, 2.45) is 0 Å². The molecule has 0 heterocycles. The average molecular weight is 277 g/mol. The lowest BCUT2D eigenvalue weighted by atomic mass is 10.1. The van der Waals surface area contributed by atoms with Gasteiger partial charge in [0.05, 0.1) is 11.3 Å². The normalized spacial score (nSPS) is 10.5. The van der Waals surface area contributed by atoms with E-state index in [9.17, 15) is 5.26 Å². The largest absolute Gasteiger partial charge is 0.371 e. The summed E-state index contributed by atoms with van der Waals surface area (Å²) in [6, 6.07) is 8.46. The number of benzene rings is 1. The summed E-state index contributed by atoms with van der Waals surface area (Å²) in [5.74, 6) is 0. The van der Waals surface area contributed by atoms with E-state index in [0.717, 1.165) is 42.2 Å². The van der Waals surface area contributed by atoms with Crippen LogP contribution >= 0.6 is 11.8 Å². The van der Waals surface area contributed by atoms with Crippen molar-refractivity contribution in [3.05, 3.63) is 23.8 Å². The number of thioether (sulfide) groups is 1. The predicted molar refractivity (Wildman–Crippen MR) is 84.0 cm³/mol. The van der Waals surface area contributed by atoms with E-state index in [4.69, 9.17) is 0 Å². The minimum atomic E-state index is 0.807. The molecule has 3 nitrogen and oxygen atoms in total. The number of nitriles is 1. The second kappa shape index (κ2) is 8.08. The molecular weight excluding hydrogens is 254 g/mol. The van der Waals surface area contributed by atoms with Gasteiger partial charge in [0.25, 0.3) is 0 Å². The maximum atomic E-state index is 9.39. The molecule has 1 aromatic carbocycles. The van der Waals surface area contributed by atoms with Crippen molar-refractivity contribution in [2.75, 3.05) is 44.9 Å². The maximum Gasteiger partial charge on any atom is 0.103 e. The van der Waals surface area contributed by atoms with Crippen LogP contribution < -0.4 is 4.90 Å². The van der Waals surface area contributed by atoms with Crippen molar-refractivity contribution >= 4 is 17.4 Å². The molecule has 1 aromatic rings. The first kappa shape index (κ1) is 15.9. The summed E-state index contributed by atoms with van der Waals surface area (Å²) in [7, 11) is 4.18. The third-order valence-electron chi connectivity index (χ3n) is 3.09. The van der Waals surface area contributed by atoms with Crippen LogP contribution in [0.3, 0.4) is 0 Å². The van der Waals surface area contributed by atoms with Crippen LogP contribution in [-0.4, -0.2) is 44.9 Å². The van der Waals surface area contributed by atoms with Gasteiger partial charge in [-0.3, -0.25) is 0 Å². The van der Waals surface area contributed by atoms with Crippen molar-refractivity contribution in [3.8, 4) is 6.07 Å². The molecule has 4 heteroatoms. The standard InChI is InChI=1S/C15H23N3S/c1-5-18(11-7-10-17(2)3)14-8-6-9-15(19-4)13(14)12-16/h6,8-9H,5,7,10-11H2,1-4H3. The van der Waals surface area contributed by atoms with Gasteiger partial charge in [0.2, 0.25) is 0 Å². The Morgan fingerprint density at radius 1 is 1.26 bits per heavy atom. The molecular formula is C15H23N3S. The summed E-state index contributed by atoms with van der Waals surface area (Å²) in [6.45, 7) is 5.13. The number of hydrogen-bond donors (Lipinski definition) is 0. The fourth-order valence-electron chi connectivity index (χ4n) is 2.09. The highest BCUT2D eigenvalue weighted by atomic mass is 32.2. The Bertz CT molecular complexity index is 438. The van der Waals surface area contributed by atoms with Crippen LogP contribution in [-0.2, 0) is 0 Å². The van der Waals surface area contributed by atoms with Crippen LogP contribution in [0.5, 0.6) is 0 Å². The summed E-state index contributed by atoms with van der Waals surface area (Å²) < 4.78 is 0. The first-order valence-electron chi connectivity index (χ1n) is 6.60. The Morgan fingerprint density at radius 3 is 2.53 bits per heavy atom. The molecule has 104 valence electrons. The molecule has 0 bridgehead atoms. The van der Waals surface area contributed by atoms with Crippen LogP contribution in [0.4, 0.5) is 5.69 Å². The van der Waals surface area contributed by atoms with E-state index in [1.165, 1.54) is 0 Å². The number of nitrogens with zero attached hydrogens (tertiary/aromatic N) is 3. The van der Waals surface area contributed by atoms with Crippen LogP contribution in [0.15, 0.2) is 23.1 Å². The number of hydrogen-bond acceptors (Lipinski definition) is 4. The summed E-state index contributed by atoms with van der Waals surface area (Å²) in [4.78, 5) is 5.55. The Morgan fingerprint density at radius 2 is 2.00 bits per heavy atom. The molecule has 19 heavy (non-hydrogen) atoms. The maximum absolute atomic E-state index is 9.39. The molecule has 0 amide bonds. The van der Waals surface area contributed by atoms with Gasteiger partial charge < -0.3 is 9.80 Å². The van der Waals surface area contributed by atoms with E-state index in [0.29, 0.717) is 0 Å². The molecule has 0 saturated carbocycles. The molecule has 0 aliphatic carbocycles. The van der Waals surface area contributed by atoms with Gasteiger partial charge in [-0.2, -0.15) is 5.26 Å². The van der Waals surface area contributed by atoms with Crippen molar-refractivity contribution in [3.63, 3.8) is 0 Å². The molecule has 0 unspecified atom stereocenters. The van der Waals surface area contributed by atoms with E-state index in [-0.39, 0.29) is 0 Å². The van der Waals surface area contributed by atoms with E-state index in [2.05, 4.69) is 43.0 Å². The predicted octanol–water partition coefficient (Wildman–Crippen LogP) is 3.06. The van der Waals surface area contributed by atoms with Crippen LogP contribution in [0, 0.1) is 11.3 Å². The molecule has 0 spiro atoms. The third-order valence-corrected chi connectivity index (χ3v) is 3.87. The smallest absolute Gasteiger partial charge is 0.103 e. The van der Waals surface area contributed by atoms with Gasteiger partial charge in [0, 0.05) is 18.0 Å². The number of rotatable bonds is 7. The summed E-state index contributed by atoms with van der Waals surface area (Å²) in [6.07, 6.45) is 3.12. The van der Waals surface area contributed by atoms with Crippen LogP contribution in [0.1, 0.15) is 18.9 Å². The molecule has 0 atom stereocenters. The van der Waals surface area contributed by atoms with Crippen molar-refractivity contribution < 1.29 is 0 Å². The van der Waals surface area contributed by atoms with Gasteiger partial charge in [-0.25, -0.2) is 0 Å². The number of anilines is 1. The Balaban J connectivity index is 2.89. The third kappa shape index (κ3) is 4.45. The lowest BCUT2D eigenvalue weighted by molar-refractivity contribution is 0.400. The molecule has 0 saturated heterocycles. The second-order valence-electron chi connectivity index (χ2n) is 4.70. The highest BCUT2D eigenvalue weighted by molar-refractivity contribution is 7.98. The van der Waals surface area contributed by atoms with Crippen molar-refractivity contribution in [1.82, 2.24) is 4.90 Å². The van der Waals surface area contributed by atoms with E-state index in [1.807, 2.05) is 18.4 Å². The Labute approximate surface area is 121 Å². The zero-order valence-electron chi connectivity index (χ0n) is 12.3. The quantitative estimate of drug-likeness (QED) is 0.717. The summed E-state index contributed by atoms with van der Waals surface area (Å²) >= 11 is 1.63. The summed E-state index contributed by atoms with van der Waals surface area (Å²) in [5, 5.41) is 9.39. The van der Waals surface area contributed by atoms with Crippen molar-refractivity contribution in [2.45, 2.75) is 18.2 Å². The molecule has 1 rings (SSSR count). The highest BCUT2D eigenvalue weighted by Gasteiger charge is 2.12. The Hall–Kier alpha value is -1.18.